The Morgan fingerprint density at radius 2 is 1.52 bits per heavy atom. The van der Waals surface area contributed by atoms with E-state index < -0.39 is 6.10 Å². The van der Waals surface area contributed by atoms with E-state index in [1.807, 2.05) is 51.4 Å². The lowest BCUT2D eigenvalue weighted by Gasteiger charge is -2.21. The molecule has 128 valence electrons. The van der Waals surface area contributed by atoms with Gasteiger partial charge in [-0.1, -0.05) is 42.5 Å². The van der Waals surface area contributed by atoms with Gasteiger partial charge in [0.15, 0.2) is 0 Å². The number of nitrogens with one attached hydrogen (secondary N) is 1. The van der Waals surface area contributed by atoms with Gasteiger partial charge in [-0.3, -0.25) is 0 Å². The lowest BCUT2D eigenvalue weighted by Crippen LogP contribution is -2.31. The molecule has 0 heterocycles. The molecule has 0 spiro atoms. The quantitative estimate of drug-likeness (QED) is 0.825. The SMILES string of the molecule is CC(NCc1ccc(N(C)C)cc1)C(O)c1ccccc1.Cl.Cl. The second-order valence-electron chi connectivity index (χ2n) is 5.59. The normalized spacial score (nSPS) is 12.5. The van der Waals surface area contributed by atoms with E-state index in [4.69, 9.17) is 0 Å². The molecule has 2 rings (SSSR count). The zero-order valence-corrected chi connectivity index (χ0v) is 15.4. The molecule has 0 radical (unpaired) electrons. The molecule has 0 saturated heterocycles. The predicted molar refractivity (Wildman–Crippen MR) is 103 cm³/mol. The Morgan fingerprint density at radius 1 is 0.957 bits per heavy atom. The molecule has 2 N–H and O–H groups in total. The van der Waals surface area contributed by atoms with Gasteiger partial charge < -0.3 is 15.3 Å². The number of hydrogen-bond donors (Lipinski definition) is 2. The Bertz CT molecular complexity index is 547. The summed E-state index contributed by atoms with van der Waals surface area (Å²) in [4.78, 5) is 2.08. The monoisotopic (exact) mass is 356 g/mol. The maximum absolute atomic E-state index is 10.3. The van der Waals surface area contributed by atoms with Crippen LogP contribution >= 0.6 is 24.8 Å². The largest absolute Gasteiger partial charge is 0.387 e. The van der Waals surface area contributed by atoms with Crippen LogP contribution in [0, 0.1) is 0 Å². The van der Waals surface area contributed by atoms with Crippen molar-refractivity contribution in [3.63, 3.8) is 0 Å². The predicted octanol–water partition coefficient (Wildman–Crippen LogP) is 3.81. The third-order valence-electron chi connectivity index (χ3n) is 3.70. The standard InChI is InChI=1S/C18H24N2O.2ClH/c1-14(18(21)16-7-5-4-6-8-16)19-13-15-9-11-17(12-10-15)20(2)3;;/h4-12,14,18-19,21H,13H2,1-3H3;2*1H. The summed E-state index contributed by atoms with van der Waals surface area (Å²) in [6, 6.07) is 18.2. The van der Waals surface area contributed by atoms with Gasteiger partial charge in [0.1, 0.15) is 0 Å². The molecule has 0 bridgehead atoms. The number of benzene rings is 2. The van der Waals surface area contributed by atoms with Crippen molar-refractivity contribution in [3.8, 4) is 0 Å². The summed E-state index contributed by atoms with van der Waals surface area (Å²) in [5.41, 5.74) is 3.35. The summed E-state index contributed by atoms with van der Waals surface area (Å²) in [6.45, 7) is 2.75. The van der Waals surface area contributed by atoms with Crippen LogP contribution in [0.5, 0.6) is 0 Å². The average molecular weight is 357 g/mol. The van der Waals surface area contributed by atoms with Crippen molar-refractivity contribution in [1.82, 2.24) is 5.32 Å². The zero-order valence-electron chi connectivity index (χ0n) is 13.8. The summed E-state index contributed by atoms with van der Waals surface area (Å²) in [5, 5.41) is 13.7. The number of hydrogen-bond acceptors (Lipinski definition) is 3. The van der Waals surface area contributed by atoms with E-state index in [-0.39, 0.29) is 30.9 Å². The van der Waals surface area contributed by atoms with Crippen molar-refractivity contribution in [2.45, 2.75) is 25.6 Å². The lowest BCUT2D eigenvalue weighted by atomic mass is 10.0. The van der Waals surface area contributed by atoms with Crippen molar-refractivity contribution in [2.75, 3.05) is 19.0 Å². The van der Waals surface area contributed by atoms with Crippen LogP contribution < -0.4 is 10.2 Å². The molecular weight excluding hydrogens is 331 g/mol. The topological polar surface area (TPSA) is 35.5 Å². The first-order valence-corrected chi connectivity index (χ1v) is 7.30. The van der Waals surface area contributed by atoms with E-state index in [2.05, 4.69) is 34.5 Å². The fourth-order valence-corrected chi connectivity index (χ4v) is 2.24. The summed E-state index contributed by atoms with van der Waals surface area (Å²) in [7, 11) is 4.07. The second kappa shape index (κ2) is 10.5. The highest BCUT2D eigenvalue weighted by atomic mass is 35.5. The maximum atomic E-state index is 10.3. The van der Waals surface area contributed by atoms with Crippen LogP contribution in [0.3, 0.4) is 0 Å². The molecule has 0 aliphatic rings. The molecule has 23 heavy (non-hydrogen) atoms. The van der Waals surface area contributed by atoms with Gasteiger partial charge in [-0.15, -0.1) is 24.8 Å². The number of rotatable bonds is 6. The fraction of sp³-hybridized carbons (Fsp3) is 0.333. The first kappa shape index (κ1) is 21.7. The van der Waals surface area contributed by atoms with Gasteiger partial charge in [0.05, 0.1) is 6.10 Å². The van der Waals surface area contributed by atoms with Gasteiger partial charge in [-0.2, -0.15) is 0 Å². The summed E-state index contributed by atoms with van der Waals surface area (Å²) in [5.74, 6) is 0. The molecule has 0 saturated carbocycles. The second-order valence-corrected chi connectivity index (χ2v) is 5.59. The summed E-state index contributed by atoms with van der Waals surface area (Å²) < 4.78 is 0. The lowest BCUT2D eigenvalue weighted by molar-refractivity contribution is 0.135. The molecule has 0 amide bonds. The molecule has 3 nitrogen and oxygen atoms in total. The van der Waals surface area contributed by atoms with Crippen molar-refractivity contribution in [2.24, 2.45) is 0 Å². The maximum Gasteiger partial charge on any atom is 0.0940 e. The van der Waals surface area contributed by atoms with Crippen molar-refractivity contribution in [1.29, 1.82) is 0 Å². The molecule has 0 aromatic heterocycles. The first-order chi connectivity index (χ1) is 10.1. The van der Waals surface area contributed by atoms with Gasteiger partial charge in [-0.25, -0.2) is 0 Å². The highest BCUT2D eigenvalue weighted by molar-refractivity contribution is 5.85. The van der Waals surface area contributed by atoms with E-state index in [1.165, 1.54) is 11.3 Å². The van der Waals surface area contributed by atoms with Crippen molar-refractivity contribution >= 4 is 30.5 Å². The molecule has 0 fully saturated rings. The van der Waals surface area contributed by atoms with E-state index in [9.17, 15) is 5.11 Å². The Kier molecular flexibility index (Phi) is 9.93. The van der Waals surface area contributed by atoms with Crippen LogP contribution in [0.25, 0.3) is 0 Å². The Balaban J connectivity index is 0.00000242. The molecule has 2 unspecified atom stereocenters. The average Bonchev–Trinajstić information content (AvgIpc) is 2.53. The van der Waals surface area contributed by atoms with Gasteiger partial charge in [0.2, 0.25) is 0 Å². The minimum absolute atomic E-state index is 0. The molecule has 2 aromatic carbocycles. The van der Waals surface area contributed by atoms with Gasteiger partial charge >= 0.3 is 0 Å². The molecule has 0 aliphatic carbocycles. The van der Waals surface area contributed by atoms with Crippen molar-refractivity contribution < 1.29 is 5.11 Å². The highest BCUT2D eigenvalue weighted by Gasteiger charge is 2.15. The van der Waals surface area contributed by atoms with Crippen LogP contribution in [0.15, 0.2) is 54.6 Å². The van der Waals surface area contributed by atoms with E-state index >= 15 is 0 Å². The van der Waals surface area contributed by atoms with E-state index in [0.717, 1.165) is 12.1 Å². The van der Waals surface area contributed by atoms with E-state index in [1.54, 1.807) is 0 Å². The van der Waals surface area contributed by atoms with Crippen LogP contribution in [-0.2, 0) is 6.54 Å². The third kappa shape index (κ3) is 6.40. The van der Waals surface area contributed by atoms with Crippen LogP contribution in [0.2, 0.25) is 0 Å². The van der Waals surface area contributed by atoms with Crippen LogP contribution in [0.4, 0.5) is 5.69 Å². The molecular formula is C18H26Cl2N2O. The smallest absolute Gasteiger partial charge is 0.0940 e. The first-order valence-electron chi connectivity index (χ1n) is 7.30. The molecule has 2 atom stereocenters. The Hall–Kier alpha value is -1.26. The van der Waals surface area contributed by atoms with Crippen molar-refractivity contribution in [3.05, 3.63) is 65.7 Å². The summed E-state index contributed by atoms with van der Waals surface area (Å²) >= 11 is 0. The Morgan fingerprint density at radius 3 is 2.04 bits per heavy atom. The number of nitrogens with zero attached hydrogens (tertiary/aromatic N) is 1. The minimum Gasteiger partial charge on any atom is -0.387 e. The molecule has 2 aromatic rings. The van der Waals surface area contributed by atoms with Crippen LogP contribution in [0.1, 0.15) is 24.2 Å². The molecule has 0 aliphatic heterocycles. The number of aliphatic hydroxyl groups excluding tert-OH is 1. The minimum atomic E-state index is -0.493. The van der Waals surface area contributed by atoms with Gasteiger partial charge in [0, 0.05) is 32.4 Å². The number of halogens is 2. The highest BCUT2D eigenvalue weighted by Crippen LogP contribution is 2.17. The van der Waals surface area contributed by atoms with Gasteiger partial charge in [0.25, 0.3) is 0 Å². The molecule has 5 heteroatoms. The summed E-state index contributed by atoms with van der Waals surface area (Å²) in [6.07, 6.45) is -0.493. The fourth-order valence-electron chi connectivity index (χ4n) is 2.24. The van der Waals surface area contributed by atoms with E-state index in [0.29, 0.717) is 0 Å². The zero-order chi connectivity index (χ0) is 15.2. The Labute approximate surface area is 151 Å². The third-order valence-corrected chi connectivity index (χ3v) is 3.70. The van der Waals surface area contributed by atoms with Crippen LogP contribution in [-0.4, -0.2) is 25.2 Å². The number of anilines is 1. The van der Waals surface area contributed by atoms with Gasteiger partial charge in [-0.05, 0) is 30.2 Å². The number of aliphatic hydroxyl groups is 1.